The molecule has 0 fully saturated rings. The van der Waals surface area contributed by atoms with E-state index in [9.17, 15) is 8.78 Å². The van der Waals surface area contributed by atoms with Crippen LogP contribution in [0.15, 0.2) is 72.0 Å². The molecular formula is C24H20F2N4O2. The molecule has 0 radical (unpaired) electrons. The molecule has 1 aromatic heterocycles. The fourth-order valence-electron chi connectivity index (χ4n) is 3.50. The maximum atomic E-state index is 14.8. The van der Waals surface area contributed by atoms with Gasteiger partial charge in [-0.25, -0.2) is 13.8 Å². The van der Waals surface area contributed by atoms with E-state index in [4.69, 9.17) is 20.5 Å². The minimum absolute atomic E-state index is 0.170. The number of pyridine rings is 1. The van der Waals surface area contributed by atoms with Crippen molar-refractivity contribution >= 4 is 6.02 Å². The Morgan fingerprint density at radius 3 is 2.69 bits per heavy atom. The molecule has 8 heteroatoms. The summed E-state index contributed by atoms with van der Waals surface area (Å²) in [7, 11) is 0. The van der Waals surface area contributed by atoms with Crippen LogP contribution in [0, 0.1) is 11.3 Å². The number of aromatic nitrogens is 1. The standard InChI is InChI=1S/C24H20F2N4O2/c1-15(17-5-3-2-4-6-17)32-21-8-7-18(19-9-16(11-27)12-29-13-19)10-20(21)22-24(25,26)14-31-23(28)30-22/h2-10,12-13,15,22H,14H2,1H3,(H2,28,30). The van der Waals surface area contributed by atoms with Gasteiger partial charge in [0.25, 0.3) is 6.02 Å². The van der Waals surface area contributed by atoms with Gasteiger partial charge in [0.2, 0.25) is 0 Å². The summed E-state index contributed by atoms with van der Waals surface area (Å²) >= 11 is 0. The molecule has 0 aliphatic carbocycles. The van der Waals surface area contributed by atoms with Gasteiger partial charge in [-0.1, -0.05) is 36.4 Å². The molecule has 4 rings (SSSR count). The van der Waals surface area contributed by atoms with Crippen LogP contribution in [-0.4, -0.2) is 23.5 Å². The third kappa shape index (κ3) is 4.37. The van der Waals surface area contributed by atoms with Gasteiger partial charge in [-0.2, -0.15) is 5.26 Å². The largest absolute Gasteiger partial charge is 0.486 e. The number of nitriles is 1. The van der Waals surface area contributed by atoms with E-state index in [-0.39, 0.29) is 23.4 Å². The summed E-state index contributed by atoms with van der Waals surface area (Å²) in [6.07, 6.45) is 2.60. The van der Waals surface area contributed by atoms with Gasteiger partial charge in [0.05, 0.1) is 5.56 Å². The lowest BCUT2D eigenvalue weighted by Gasteiger charge is -2.30. The Morgan fingerprint density at radius 2 is 1.94 bits per heavy atom. The van der Waals surface area contributed by atoms with Gasteiger partial charge in [0.1, 0.15) is 17.9 Å². The molecule has 2 aromatic carbocycles. The second kappa shape index (κ2) is 8.63. The fraction of sp³-hybridized carbons (Fsp3) is 0.208. The number of rotatable bonds is 5. The van der Waals surface area contributed by atoms with E-state index >= 15 is 0 Å². The van der Waals surface area contributed by atoms with Gasteiger partial charge in [0.15, 0.2) is 12.6 Å². The van der Waals surface area contributed by atoms with Gasteiger partial charge >= 0.3 is 5.92 Å². The van der Waals surface area contributed by atoms with Crippen LogP contribution in [0.2, 0.25) is 0 Å². The number of amidine groups is 1. The minimum Gasteiger partial charge on any atom is -0.486 e. The van der Waals surface area contributed by atoms with Crippen molar-refractivity contribution in [3.8, 4) is 22.9 Å². The van der Waals surface area contributed by atoms with E-state index in [1.54, 1.807) is 30.5 Å². The average molecular weight is 434 g/mol. The Labute approximate surface area is 183 Å². The molecule has 0 bridgehead atoms. The number of ether oxygens (including phenoxy) is 2. The lowest BCUT2D eigenvalue weighted by Crippen LogP contribution is -2.39. The number of hydrogen-bond acceptors (Lipinski definition) is 6. The second-order valence-electron chi connectivity index (χ2n) is 7.42. The molecule has 0 saturated heterocycles. The molecular weight excluding hydrogens is 414 g/mol. The van der Waals surface area contributed by atoms with Gasteiger partial charge < -0.3 is 15.2 Å². The Hall–Kier alpha value is -3.99. The first-order chi connectivity index (χ1) is 15.4. The van der Waals surface area contributed by atoms with E-state index < -0.39 is 18.6 Å². The molecule has 2 atom stereocenters. The van der Waals surface area contributed by atoms with Crippen LogP contribution in [0.4, 0.5) is 8.78 Å². The molecule has 1 aliphatic heterocycles. The highest BCUT2D eigenvalue weighted by atomic mass is 19.3. The normalized spacial score (nSPS) is 18.1. The van der Waals surface area contributed by atoms with Gasteiger partial charge in [-0.3, -0.25) is 4.98 Å². The first kappa shape index (κ1) is 21.2. The monoisotopic (exact) mass is 434 g/mol. The molecule has 1 aliphatic rings. The van der Waals surface area contributed by atoms with Crippen LogP contribution in [0.25, 0.3) is 11.1 Å². The summed E-state index contributed by atoms with van der Waals surface area (Å²) in [5.74, 6) is -3.03. The van der Waals surface area contributed by atoms with Crippen molar-refractivity contribution in [2.45, 2.75) is 25.0 Å². The molecule has 0 spiro atoms. The third-order valence-electron chi connectivity index (χ3n) is 5.15. The molecule has 6 nitrogen and oxygen atoms in total. The van der Waals surface area contributed by atoms with Crippen LogP contribution >= 0.6 is 0 Å². The van der Waals surface area contributed by atoms with E-state index in [0.29, 0.717) is 16.7 Å². The Balaban J connectivity index is 1.80. The average Bonchev–Trinajstić information content (AvgIpc) is 2.81. The topological polar surface area (TPSA) is 93.5 Å². The molecule has 162 valence electrons. The summed E-state index contributed by atoms with van der Waals surface area (Å²) in [6.45, 7) is 0.962. The number of nitrogens with zero attached hydrogens (tertiary/aromatic N) is 3. The highest BCUT2D eigenvalue weighted by Gasteiger charge is 2.46. The number of alkyl halides is 2. The van der Waals surface area contributed by atoms with Crippen molar-refractivity contribution < 1.29 is 18.3 Å². The predicted molar refractivity (Wildman–Crippen MR) is 115 cm³/mol. The van der Waals surface area contributed by atoms with Gasteiger partial charge in [-0.05, 0) is 36.2 Å². The second-order valence-corrected chi connectivity index (χ2v) is 7.42. The van der Waals surface area contributed by atoms with E-state index in [0.717, 1.165) is 5.56 Å². The molecule has 3 aromatic rings. The van der Waals surface area contributed by atoms with Crippen molar-refractivity contribution in [3.05, 3.63) is 83.7 Å². The molecule has 2 N–H and O–H groups in total. The predicted octanol–water partition coefficient (Wildman–Crippen LogP) is 4.78. The molecule has 32 heavy (non-hydrogen) atoms. The minimum atomic E-state index is -3.29. The number of aliphatic imine (C=N–C) groups is 1. The number of nitrogens with two attached hydrogens (primary N) is 1. The van der Waals surface area contributed by atoms with Crippen LogP contribution < -0.4 is 10.5 Å². The number of benzene rings is 2. The zero-order chi connectivity index (χ0) is 22.7. The van der Waals surface area contributed by atoms with Gasteiger partial charge in [0, 0.05) is 23.5 Å². The first-order valence-corrected chi connectivity index (χ1v) is 9.92. The lowest BCUT2D eigenvalue weighted by atomic mass is 9.95. The smallest absolute Gasteiger partial charge is 0.307 e. The summed E-state index contributed by atoms with van der Waals surface area (Å²) in [6, 6.07) is 16.2. The highest BCUT2D eigenvalue weighted by molar-refractivity contribution is 5.73. The van der Waals surface area contributed by atoms with E-state index in [2.05, 4.69) is 9.98 Å². The van der Waals surface area contributed by atoms with Crippen molar-refractivity contribution in [2.24, 2.45) is 10.7 Å². The molecule has 2 heterocycles. The summed E-state index contributed by atoms with van der Waals surface area (Å²) in [5.41, 5.74) is 8.26. The Bertz CT molecular complexity index is 1190. The van der Waals surface area contributed by atoms with Crippen LogP contribution in [-0.2, 0) is 4.74 Å². The number of halogens is 2. The first-order valence-electron chi connectivity index (χ1n) is 9.92. The quantitative estimate of drug-likeness (QED) is 0.624. The Morgan fingerprint density at radius 1 is 1.16 bits per heavy atom. The zero-order valence-electron chi connectivity index (χ0n) is 17.2. The fourth-order valence-corrected chi connectivity index (χ4v) is 3.50. The van der Waals surface area contributed by atoms with E-state index in [1.807, 2.05) is 43.3 Å². The molecule has 2 unspecified atom stereocenters. The van der Waals surface area contributed by atoms with Crippen molar-refractivity contribution in [1.29, 1.82) is 5.26 Å². The number of hydrogen-bond donors (Lipinski definition) is 1. The Kier molecular flexibility index (Phi) is 5.73. The van der Waals surface area contributed by atoms with Crippen molar-refractivity contribution in [1.82, 2.24) is 4.98 Å². The SMILES string of the molecule is CC(Oc1ccc(-c2cncc(C#N)c2)cc1C1N=C(N)OCC1(F)F)c1ccccc1. The van der Waals surface area contributed by atoms with Crippen molar-refractivity contribution in [3.63, 3.8) is 0 Å². The van der Waals surface area contributed by atoms with Crippen LogP contribution in [0.1, 0.15) is 35.8 Å². The van der Waals surface area contributed by atoms with Crippen LogP contribution in [0.5, 0.6) is 5.75 Å². The van der Waals surface area contributed by atoms with Crippen LogP contribution in [0.3, 0.4) is 0 Å². The molecule has 0 amide bonds. The summed E-state index contributed by atoms with van der Waals surface area (Å²) < 4.78 is 40.5. The summed E-state index contributed by atoms with van der Waals surface area (Å²) in [4.78, 5) is 7.94. The van der Waals surface area contributed by atoms with Crippen molar-refractivity contribution in [2.75, 3.05) is 6.61 Å². The maximum Gasteiger partial charge on any atom is 0.307 e. The lowest BCUT2D eigenvalue weighted by molar-refractivity contribution is -0.0787. The van der Waals surface area contributed by atoms with Gasteiger partial charge in [-0.15, -0.1) is 0 Å². The maximum absolute atomic E-state index is 14.8. The third-order valence-corrected chi connectivity index (χ3v) is 5.15. The summed E-state index contributed by atoms with van der Waals surface area (Å²) in [5, 5.41) is 9.16. The van der Waals surface area contributed by atoms with E-state index in [1.165, 1.54) is 6.20 Å². The highest BCUT2D eigenvalue weighted by Crippen LogP contribution is 2.43. The molecule has 0 saturated carbocycles. The zero-order valence-corrected chi connectivity index (χ0v) is 17.2.